The predicted octanol–water partition coefficient (Wildman–Crippen LogP) is 6.37. The maximum Gasteiger partial charge on any atom is 0.258 e. The Balaban J connectivity index is 1.48. The first-order valence-electron chi connectivity index (χ1n) is 14.5. The second-order valence-corrected chi connectivity index (χ2v) is 20.9. The van der Waals surface area contributed by atoms with Gasteiger partial charge >= 0.3 is 0 Å². The van der Waals surface area contributed by atoms with Gasteiger partial charge < -0.3 is 9.05 Å². The summed E-state index contributed by atoms with van der Waals surface area (Å²) in [6.07, 6.45) is 0. The first-order chi connectivity index (χ1) is 19.5. The summed E-state index contributed by atoms with van der Waals surface area (Å²) >= 11 is 0. The van der Waals surface area contributed by atoms with Crippen molar-refractivity contribution in [3.63, 3.8) is 0 Å². The summed E-state index contributed by atoms with van der Waals surface area (Å²) in [6, 6.07) is 46.1. The lowest BCUT2D eigenvalue weighted by Crippen LogP contribution is -2.56. The highest BCUT2D eigenvalue weighted by Crippen LogP contribution is 2.43. The number of hydrogen-bond acceptors (Lipinski definition) is 3. The third-order valence-electron chi connectivity index (χ3n) is 8.21. The van der Waals surface area contributed by atoms with Crippen LogP contribution in [0.5, 0.6) is 0 Å². The molecular formula is C34H44NO2PSi2. The lowest BCUT2D eigenvalue weighted by Gasteiger charge is -2.33. The molecule has 4 aromatic rings. The van der Waals surface area contributed by atoms with Crippen LogP contribution in [0.2, 0.25) is 25.2 Å². The maximum absolute atomic E-state index is 6.67. The fourth-order valence-corrected chi connectivity index (χ4v) is 13.7. The van der Waals surface area contributed by atoms with E-state index in [4.69, 9.17) is 9.05 Å². The van der Waals surface area contributed by atoms with E-state index in [9.17, 15) is 0 Å². The average molecular weight is 586 g/mol. The highest BCUT2D eigenvalue weighted by molar-refractivity contribution is 7.44. The molecule has 0 spiro atoms. The van der Waals surface area contributed by atoms with Gasteiger partial charge in [0.15, 0.2) is 0 Å². The molecule has 0 fully saturated rings. The minimum Gasteiger partial charge on any atom is -0.322 e. The number of hydrogen-bond donors (Lipinski definition) is 0. The molecule has 0 N–H and O–H groups in total. The molecule has 0 heterocycles. The molecule has 0 radical (unpaired) electrons. The summed E-state index contributed by atoms with van der Waals surface area (Å²) < 4.78 is 15.7. The zero-order chi connectivity index (χ0) is 28.3. The molecule has 6 heteroatoms. The van der Waals surface area contributed by atoms with Gasteiger partial charge in [0, 0.05) is 13.1 Å². The Morgan fingerprint density at radius 2 is 0.775 bits per heavy atom. The summed E-state index contributed by atoms with van der Waals surface area (Å²) in [7, 11) is -5.04. The first-order valence-corrected chi connectivity index (χ1v) is 21.1. The van der Waals surface area contributed by atoms with Crippen molar-refractivity contribution < 1.29 is 9.05 Å². The van der Waals surface area contributed by atoms with Crippen LogP contribution in [0.3, 0.4) is 0 Å². The van der Waals surface area contributed by atoms with Gasteiger partial charge in [-0.05, 0) is 12.1 Å². The Bertz CT molecular complexity index is 1080. The largest absolute Gasteiger partial charge is 0.322 e. The smallest absolute Gasteiger partial charge is 0.258 e. The molecule has 210 valence electrons. The van der Waals surface area contributed by atoms with Crippen molar-refractivity contribution in [1.82, 2.24) is 4.67 Å². The fourth-order valence-electron chi connectivity index (χ4n) is 5.45. The fraction of sp³-hybridized carbons (Fsp3) is 0.294. The van der Waals surface area contributed by atoms with Gasteiger partial charge in [-0.1, -0.05) is 169 Å². The molecule has 40 heavy (non-hydrogen) atoms. The molecule has 0 aliphatic rings. The van der Waals surface area contributed by atoms with Crippen molar-refractivity contribution in [2.24, 2.45) is 0 Å². The molecule has 0 saturated carbocycles. The van der Waals surface area contributed by atoms with Gasteiger partial charge in [-0.3, -0.25) is 0 Å². The van der Waals surface area contributed by atoms with Gasteiger partial charge in [0.2, 0.25) is 0 Å². The van der Waals surface area contributed by atoms with E-state index in [1.54, 1.807) is 0 Å². The average Bonchev–Trinajstić information content (AvgIpc) is 3.03. The topological polar surface area (TPSA) is 21.7 Å². The zero-order valence-corrected chi connectivity index (χ0v) is 27.4. The number of benzene rings is 4. The molecular weight excluding hydrogens is 542 g/mol. The quantitative estimate of drug-likeness (QED) is 0.120. The van der Waals surface area contributed by atoms with Crippen LogP contribution in [-0.2, 0) is 9.05 Å². The Morgan fingerprint density at radius 3 is 1.02 bits per heavy atom. The molecule has 0 atom stereocenters. The van der Waals surface area contributed by atoms with Gasteiger partial charge in [0.1, 0.15) is 16.1 Å². The Morgan fingerprint density at radius 1 is 0.500 bits per heavy atom. The van der Waals surface area contributed by atoms with Crippen molar-refractivity contribution in [3.05, 3.63) is 121 Å². The van der Waals surface area contributed by atoms with E-state index < -0.39 is 24.7 Å². The third kappa shape index (κ3) is 7.47. The molecule has 0 aliphatic carbocycles. The lowest BCUT2D eigenvalue weighted by atomic mass is 10.4. The van der Waals surface area contributed by atoms with E-state index in [1.807, 2.05) is 0 Å². The van der Waals surface area contributed by atoms with E-state index in [0.717, 1.165) is 25.2 Å². The second kappa shape index (κ2) is 15.0. The summed E-state index contributed by atoms with van der Waals surface area (Å²) in [5.74, 6) is 0. The van der Waals surface area contributed by atoms with Crippen LogP contribution in [0.1, 0.15) is 13.8 Å². The Hall–Kier alpha value is -2.38. The molecule has 0 aliphatic heterocycles. The van der Waals surface area contributed by atoms with Crippen molar-refractivity contribution in [1.29, 1.82) is 0 Å². The third-order valence-corrected chi connectivity index (χ3v) is 18.9. The summed E-state index contributed by atoms with van der Waals surface area (Å²) in [5.41, 5.74) is 0. The van der Waals surface area contributed by atoms with Gasteiger partial charge in [0.25, 0.3) is 8.53 Å². The molecule has 0 bridgehead atoms. The van der Waals surface area contributed by atoms with Gasteiger partial charge in [-0.15, -0.1) is 0 Å². The van der Waals surface area contributed by atoms with E-state index in [2.05, 4.69) is 153 Å². The molecule has 0 amide bonds. The van der Waals surface area contributed by atoms with E-state index >= 15 is 0 Å². The first kappa shape index (κ1) is 30.6. The normalized spacial score (nSPS) is 12.2. The van der Waals surface area contributed by atoms with Crippen molar-refractivity contribution in [3.8, 4) is 0 Å². The Kier molecular flexibility index (Phi) is 11.5. The summed E-state index contributed by atoms with van der Waals surface area (Å²) in [4.78, 5) is 0. The predicted molar refractivity (Wildman–Crippen MR) is 179 cm³/mol. The number of rotatable bonds is 15. The van der Waals surface area contributed by atoms with Crippen molar-refractivity contribution in [2.75, 3.05) is 26.3 Å². The molecule has 0 saturated heterocycles. The number of nitrogens with zero attached hydrogens (tertiary/aromatic N) is 1. The zero-order valence-electron chi connectivity index (χ0n) is 24.5. The maximum atomic E-state index is 6.67. The minimum atomic E-state index is -1.95. The summed E-state index contributed by atoms with van der Waals surface area (Å²) in [5, 5.41) is 5.80. The standard InChI is InChI=1S/C34H44NO2PSi2/c1-5-35(6-2)38(36-27-29-39(3,31-19-11-7-12-20-31)32-21-13-8-14-22-32)37-28-30-40(4,33-23-15-9-16-24-33)34-25-17-10-18-26-34/h7-26H,5-6,27-30H2,1-4H3. The monoisotopic (exact) mass is 585 g/mol. The second-order valence-electron chi connectivity index (χ2n) is 10.7. The van der Waals surface area contributed by atoms with Crippen LogP contribution < -0.4 is 20.7 Å². The lowest BCUT2D eigenvalue weighted by molar-refractivity contribution is 0.222. The van der Waals surface area contributed by atoms with Crippen LogP contribution in [-0.4, -0.2) is 47.1 Å². The van der Waals surface area contributed by atoms with Crippen LogP contribution in [0, 0.1) is 0 Å². The van der Waals surface area contributed by atoms with Crippen molar-refractivity contribution in [2.45, 2.75) is 39.0 Å². The molecule has 4 aromatic carbocycles. The minimum absolute atomic E-state index is 0.695. The van der Waals surface area contributed by atoms with E-state index in [-0.39, 0.29) is 0 Å². The Labute approximate surface area is 245 Å². The molecule has 4 rings (SSSR count). The van der Waals surface area contributed by atoms with Gasteiger partial charge in [-0.25, -0.2) is 4.67 Å². The summed E-state index contributed by atoms with van der Waals surface area (Å²) in [6.45, 7) is 12.6. The van der Waals surface area contributed by atoms with Crippen LogP contribution >= 0.6 is 8.53 Å². The van der Waals surface area contributed by atoms with Crippen LogP contribution in [0.15, 0.2) is 121 Å². The molecule has 0 unspecified atom stereocenters. The van der Waals surface area contributed by atoms with E-state index in [0.29, 0.717) is 13.2 Å². The van der Waals surface area contributed by atoms with Crippen LogP contribution in [0.4, 0.5) is 0 Å². The SMILES string of the molecule is CCN(CC)P(OCC[Si](C)(c1ccccc1)c1ccccc1)OCC[Si](C)(c1ccccc1)c1ccccc1. The van der Waals surface area contributed by atoms with Gasteiger partial charge in [0.05, 0.1) is 13.2 Å². The van der Waals surface area contributed by atoms with Gasteiger partial charge in [-0.2, -0.15) is 0 Å². The van der Waals surface area contributed by atoms with Crippen LogP contribution in [0.25, 0.3) is 0 Å². The highest BCUT2D eigenvalue weighted by atomic mass is 31.2. The molecule has 0 aromatic heterocycles. The van der Waals surface area contributed by atoms with Crippen molar-refractivity contribution >= 4 is 45.4 Å². The molecule has 3 nitrogen and oxygen atoms in total. The highest BCUT2D eigenvalue weighted by Gasteiger charge is 2.34. The van der Waals surface area contributed by atoms with E-state index in [1.165, 1.54) is 20.7 Å².